The van der Waals surface area contributed by atoms with Crippen LogP contribution in [0.2, 0.25) is 0 Å². The van der Waals surface area contributed by atoms with Crippen LogP contribution in [0.3, 0.4) is 0 Å². The Hall–Kier alpha value is -3.41. The molecule has 0 unspecified atom stereocenters. The molecule has 0 radical (unpaired) electrons. The maximum atomic E-state index is 13.6. The Bertz CT molecular complexity index is 1260. The molecule has 1 aliphatic rings. The molecule has 0 aliphatic carbocycles. The predicted molar refractivity (Wildman–Crippen MR) is 135 cm³/mol. The second-order valence-corrected chi connectivity index (χ2v) is 8.71. The number of hydrogen-bond acceptors (Lipinski definition) is 4. The van der Waals surface area contributed by atoms with Crippen LogP contribution in [-0.4, -0.2) is 48.1 Å². The lowest BCUT2D eigenvalue weighted by molar-refractivity contribution is 0.0365. The van der Waals surface area contributed by atoms with Crippen LogP contribution in [0.5, 0.6) is 5.75 Å². The van der Waals surface area contributed by atoms with Crippen molar-refractivity contribution >= 4 is 16.7 Å². The van der Waals surface area contributed by atoms with Crippen molar-refractivity contribution < 1.29 is 14.3 Å². The van der Waals surface area contributed by atoms with Gasteiger partial charge in [-0.25, -0.2) is 0 Å². The van der Waals surface area contributed by atoms with Crippen LogP contribution in [0.25, 0.3) is 10.9 Å². The Morgan fingerprint density at radius 3 is 2.35 bits per heavy atom. The average molecular weight is 455 g/mol. The fraction of sp³-hybridized carbons (Fsp3) is 0.276. The van der Waals surface area contributed by atoms with Gasteiger partial charge in [-0.2, -0.15) is 0 Å². The molecule has 5 rings (SSSR count). The highest BCUT2D eigenvalue weighted by Gasteiger charge is 2.21. The molecular formula is C29H30N2O3. The fourth-order valence-corrected chi connectivity index (χ4v) is 4.66. The van der Waals surface area contributed by atoms with Crippen molar-refractivity contribution in [3.63, 3.8) is 0 Å². The largest absolute Gasteiger partial charge is 0.489 e. The average Bonchev–Trinajstić information content (AvgIpc) is 3.18. The van der Waals surface area contributed by atoms with Crippen LogP contribution in [-0.2, 0) is 17.9 Å². The Kier molecular flexibility index (Phi) is 6.74. The van der Waals surface area contributed by atoms with Gasteiger partial charge in [-0.05, 0) is 42.8 Å². The summed E-state index contributed by atoms with van der Waals surface area (Å²) in [5, 5.41) is 1.01. The van der Waals surface area contributed by atoms with Crippen molar-refractivity contribution in [3.05, 3.63) is 101 Å². The second-order valence-electron chi connectivity index (χ2n) is 8.71. The number of ether oxygens (including phenoxy) is 2. The molecule has 1 aliphatic heterocycles. The molecule has 0 amide bonds. The van der Waals surface area contributed by atoms with Gasteiger partial charge in [0.15, 0.2) is 5.78 Å². The van der Waals surface area contributed by atoms with Crippen molar-refractivity contribution in [2.45, 2.75) is 20.1 Å². The number of hydrogen-bond donors (Lipinski definition) is 0. The van der Waals surface area contributed by atoms with Gasteiger partial charge in [0.25, 0.3) is 0 Å². The van der Waals surface area contributed by atoms with Crippen LogP contribution in [0.15, 0.2) is 78.9 Å². The Labute approximate surface area is 200 Å². The first-order valence-electron chi connectivity index (χ1n) is 11.9. The zero-order valence-corrected chi connectivity index (χ0v) is 19.6. The van der Waals surface area contributed by atoms with Crippen LogP contribution >= 0.6 is 0 Å². The van der Waals surface area contributed by atoms with E-state index >= 15 is 0 Å². The van der Waals surface area contributed by atoms with E-state index in [9.17, 15) is 4.79 Å². The number of nitrogens with zero attached hydrogens (tertiary/aromatic N) is 2. The summed E-state index contributed by atoms with van der Waals surface area (Å²) in [7, 11) is 0. The highest BCUT2D eigenvalue weighted by atomic mass is 16.5. The number of aromatic nitrogens is 1. The highest BCUT2D eigenvalue weighted by molar-refractivity contribution is 6.17. The number of benzene rings is 3. The van der Waals surface area contributed by atoms with E-state index in [1.54, 1.807) is 0 Å². The number of rotatable bonds is 8. The van der Waals surface area contributed by atoms with Crippen LogP contribution in [0.4, 0.5) is 0 Å². The van der Waals surface area contributed by atoms with Crippen LogP contribution < -0.4 is 4.74 Å². The topological polar surface area (TPSA) is 43.7 Å². The van der Waals surface area contributed by atoms with Gasteiger partial charge >= 0.3 is 0 Å². The van der Waals surface area contributed by atoms with Gasteiger partial charge in [-0.15, -0.1) is 0 Å². The van der Waals surface area contributed by atoms with E-state index in [2.05, 4.69) is 28.5 Å². The second kappa shape index (κ2) is 10.2. The van der Waals surface area contributed by atoms with Crippen molar-refractivity contribution in [2.75, 3.05) is 32.8 Å². The minimum absolute atomic E-state index is 0.0495. The van der Waals surface area contributed by atoms with E-state index < -0.39 is 0 Å². The molecule has 0 saturated carbocycles. The van der Waals surface area contributed by atoms with Crippen molar-refractivity contribution in [1.29, 1.82) is 0 Å². The smallest absolute Gasteiger partial charge is 0.195 e. The minimum Gasteiger partial charge on any atom is -0.489 e. The monoisotopic (exact) mass is 454 g/mol. The van der Waals surface area contributed by atoms with E-state index in [-0.39, 0.29) is 5.78 Å². The summed E-state index contributed by atoms with van der Waals surface area (Å²) in [4.78, 5) is 16.0. The number of para-hydroxylation sites is 1. The van der Waals surface area contributed by atoms with E-state index in [0.717, 1.165) is 72.9 Å². The van der Waals surface area contributed by atoms with Crippen LogP contribution in [0.1, 0.15) is 27.2 Å². The molecule has 4 aromatic rings. The molecule has 5 heteroatoms. The molecule has 5 nitrogen and oxygen atoms in total. The molecule has 174 valence electrons. The summed E-state index contributed by atoms with van der Waals surface area (Å²) in [5.74, 6) is 0.804. The third-order valence-corrected chi connectivity index (χ3v) is 6.57. The normalized spacial score (nSPS) is 14.4. The summed E-state index contributed by atoms with van der Waals surface area (Å²) >= 11 is 0. The molecule has 0 bridgehead atoms. The fourth-order valence-electron chi connectivity index (χ4n) is 4.66. The SMILES string of the molecule is Cc1c(C(=O)c2ccc(OCc3ccccc3)cc2)c2ccccc2n1CCN1CCOCC1. The molecular weight excluding hydrogens is 424 g/mol. The quantitative estimate of drug-likeness (QED) is 0.348. The lowest BCUT2D eigenvalue weighted by Crippen LogP contribution is -2.38. The standard InChI is InChI=1S/C29H30N2O3/c1-22-28(26-9-5-6-10-27(26)31(22)16-15-30-17-19-33-20-18-30)29(32)24-11-13-25(14-12-24)34-21-23-7-3-2-4-8-23/h2-14H,15-21H2,1H3. The molecule has 3 aromatic carbocycles. The number of fused-ring (bicyclic) bond motifs is 1. The Morgan fingerprint density at radius 2 is 1.59 bits per heavy atom. The van der Waals surface area contributed by atoms with Gasteiger partial charge in [0.2, 0.25) is 0 Å². The van der Waals surface area contributed by atoms with E-state index in [4.69, 9.17) is 9.47 Å². The summed E-state index contributed by atoms with van der Waals surface area (Å²) in [6, 6.07) is 25.8. The van der Waals surface area contributed by atoms with Crippen molar-refractivity contribution in [1.82, 2.24) is 9.47 Å². The van der Waals surface area contributed by atoms with Gasteiger partial charge in [0, 0.05) is 48.3 Å². The molecule has 1 saturated heterocycles. The van der Waals surface area contributed by atoms with Crippen molar-refractivity contribution in [2.24, 2.45) is 0 Å². The van der Waals surface area contributed by atoms with E-state index in [1.807, 2.05) is 66.7 Å². The molecule has 0 N–H and O–H groups in total. The maximum Gasteiger partial charge on any atom is 0.195 e. The Morgan fingerprint density at radius 1 is 0.882 bits per heavy atom. The minimum atomic E-state index is 0.0495. The number of carbonyl (C=O) groups excluding carboxylic acids is 1. The first-order chi connectivity index (χ1) is 16.7. The lowest BCUT2D eigenvalue weighted by atomic mass is 10.0. The third kappa shape index (κ3) is 4.76. The van der Waals surface area contributed by atoms with E-state index in [0.29, 0.717) is 12.2 Å². The van der Waals surface area contributed by atoms with Gasteiger partial charge in [0.1, 0.15) is 12.4 Å². The van der Waals surface area contributed by atoms with Crippen molar-refractivity contribution in [3.8, 4) is 5.75 Å². The number of morpholine rings is 1. The first-order valence-corrected chi connectivity index (χ1v) is 11.9. The number of carbonyl (C=O) groups is 1. The van der Waals surface area contributed by atoms with Gasteiger partial charge in [-0.3, -0.25) is 9.69 Å². The molecule has 0 atom stereocenters. The van der Waals surface area contributed by atoms with E-state index in [1.165, 1.54) is 0 Å². The highest BCUT2D eigenvalue weighted by Crippen LogP contribution is 2.29. The Balaban J connectivity index is 1.35. The first kappa shape index (κ1) is 22.4. The third-order valence-electron chi connectivity index (χ3n) is 6.57. The predicted octanol–water partition coefficient (Wildman–Crippen LogP) is 5.09. The molecule has 34 heavy (non-hydrogen) atoms. The maximum absolute atomic E-state index is 13.6. The zero-order chi connectivity index (χ0) is 23.3. The lowest BCUT2D eigenvalue weighted by Gasteiger charge is -2.27. The summed E-state index contributed by atoms with van der Waals surface area (Å²) in [6.45, 7) is 7.87. The molecule has 2 heterocycles. The van der Waals surface area contributed by atoms with Gasteiger partial charge in [-0.1, -0.05) is 48.5 Å². The van der Waals surface area contributed by atoms with Gasteiger partial charge in [0.05, 0.1) is 18.8 Å². The molecule has 1 fully saturated rings. The summed E-state index contributed by atoms with van der Waals surface area (Å²) < 4.78 is 13.7. The molecule has 1 aromatic heterocycles. The number of ketones is 1. The summed E-state index contributed by atoms with van der Waals surface area (Å²) in [5.41, 5.74) is 4.70. The summed E-state index contributed by atoms with van der Waals surface area (Å²) in [6.07, 6.45) is 0. The van der Waals surface area contributed by atoms with Crippen LogP contribution in [0, 0.1) is 6.92 Å². The molecule has 0 spiro atoms. The van der Waals surface area contributed by atoms with Gasteiger partial charge < -0.3 is 14.0 Å². The zero-order valence-electron chi connectivity index (χ0n) is 19.6.